The summed E-state index contributed by atoms with van der Waals surface area (Å²) in [5, 5.41) is 4.03. The van der Waals surface area contributed by atoms with Gasteiger partial charge in [-0.05, 0) is 24.4 Å². The second kappa shape index (κ2) is 6.66. The SMILES string of the molecule is COc1cc(NC(=O)Cn2c(C)cc3ccccc32)cc(OC)c1. The third-order valence-corrected chi connectivity index (χ3v) is 3.95. The second-order valence-electron chi connectivity index (χ2n) is 5.58. The largest absolute Gasteiger partial charge is 0.497 e. The third kappa shape index (κ3) is 3.20. The molecular weight excluding hydrogens is 304 g/mol. The minimum absolute atomic E-state index is 0.102. The highest BCUT2D eigenvalue weighted by atomic mass is 16.5. The van der Waals surface area contributed by atoms with Crippen molar-refractivity contribution in [1.82, 2.24) is 4.57 Å². The molecule has 0 atom stereocenters. The number of nitrogens with one attached hydrogen (secondary N) is 1. The van der Waals surface area contributed by atoms with Crippen molar-refractivity contribution in [3.8, 4) is 11.5 Å². The number of methoxy groups -OCH3 is 2. The first-order chi connectivity index (χ1) is 11.6. The molecule has 0 saturated heterocycles. The fraction of sp³-hybridized carbons (Fsp3) is 0.211. The normalized spacial score (nSPS) is 10.6. The minimum Gasteiger partial charge on any atom is -0.497 e. The van der Waals surface area contributed by atoms with Crippen LogP contribution in [0.5, 0.6) is 11.5 Å². The standard InChI is InChI=1S/C19H20N2O3/c1-13-8-14-6-4-5-7-18(14)21(13)12-19(22)20-15-9-16(23-2)11-17(10-15)24-3/h4-11H,12H2,1-3H3,(H,20,22). The lowest BCUT2D eigenvalue weighted by Crippen LogP contribution is -2.19. The Kier molecular flexibility index (Phi) is 4.42. The molecule has 5 nitrogen and oxygen atoms in total. The molecule has 0 aliphatic carbocycles. The van der Waals surface area contributed by atoms with Crippen LogP contribution in [-0.2, 0) is 11.3 Å². The monoisotopic (exact) mass is 324 g/mol. The number of hydrogen-bond donors (Lipinski definition) is 1. The van der Waals surface area contributed by atoms with Crippen molar-refractivity contribution in [2.45, 2.75) is 13.5 Å². The predicted molar refractivity (Wildman–Crippen MR) is 94.9 cm³/mol. The predicted octanol–water partition coefficient (Wildman–Crippen LogP) is 3.61. The van der Waals surface area contributed by atoms with E-state index in [2.05, 4.69) is 11.4 Å². The van der Waals surface area contributed by atoms with Gasteiger partial charge in [-0.15, -0.1) is 0 Å². The van der Waals surface area contributed by atoms with Crippen LogP contribution in [0.15, 0.2) is 48.5 Å². The molecule has 0 aliphatic rings. The van der Waals surface area contributed by atoms with E-state index in [4.69, 9.17) is 9.47 Å². The Morgan fingerprint density at radius 3 is 2.38 bits per heavy atom. The number of nitrogens with zero attached hydrogens (tertiary/aromatic N) is 1. The van der Waals surface area contributed by atoms with E-state index in [9.17, 15) is 4.79 Å². The van der Waals surface area contributed by atoms with Crippen LogP contribution in [0.3, 0.4) is 0 Å². The number of fused-ring (bicyclic) bond motifs is 1. The van der Waals surface area contributed by atoms with E-state index in [1.807, 2.05) is 35.8 Å². The Morgan fingerprint density at radius 2 is 1.71 bits per heavy atom. The summed E-state index contributed by atoms with van der Waals surface area (Å²) in [6.07, 6.45) is 0. The van der Waals surface area contributed by atoms with E-state index in [-0.39, 0.29) is 12.5 Å². The van der Waals surface area contributed by atoms with Gasteiger partial charge in [0.15, 0.2) is 0 Å². The maximum atomic E-state index is 12.5. The Balaban J connectivity index is 1.81. The van der Waals surface area contributed by atoms with Gasteiger partial charge in [0.25, 0.3) is 0 Å². The first-order valence-electron chi connectivity index (χ1n) is 7.68. The third-order valence-electron chi connectivity index (χ3n) is 3.95. The Bertz CT molecular complexity index is 861. The van der Waals surface area contributed by atoms with Crippen LogP contribution >= 0.6 is 0 Å². The molecule has 1 N–H and O–H groups in total. The summed E-state index contributed by atoms with van der Waals surface area (Å²) in [5.41, 5.74) is 2.74. The van der Waals surface area contributed by atoms with Crippen LogP contribution in [0.1, 0.15) is 5.69 Å². The molecule has 3 aromatic rings. The van der Waals surface area contributed by atoms with Gasteiger partial charge in [0.2, 0.25) is 5.91 Å². The van der Waals surface area contributed by atoms with Crippen molar-refractivity contribution in [2.75, 3.05) is 19.5 Å². The fourth-order valence-electron chi connectivity index (χ4n) is 2.78. The summed E-state index contributed by atoms with van der Waals surface area (Å²) in [5.74, 6) is 1.16. The van der Waals surface area contributed by atoms with Gasteiger partial charge < -0.3 is 19.4 Å². The number of para-hydroxylation sites is 1. The molecule has 0 saturated carbocycles. The zero-order valence-electron chi connectivity index (χ0n) is 14.0. The summed E-state index contributed by atoms with van der Waals surface area (Å²) < 4.78 is 12.5. The first-order valence-corrected chi connectivity index (χ1v) is 7.68. The average Bonchev–Trinajstić information content (AvgIpc) is 2.90. The van der Waals surface area contributed by atoms with E-state index < -0.39 is 0 Å². The molecule has 0 unspecified atom stereocenters. The number of anilines is 1. The maximum absolute atomic E-state index is 12.5. The topological polar surface area (TPSA) is 52.5 Å². The molecule has 1 amide bonds. The zero-order chi connectivity index (χ0) is 17.1. The molecule has 0 bridgehead atoms. The first kappa shape index (κ1) is 15.9. The Hall–Kier alpha value is -2.95. The zero-order valence-corrected chi connectivity index (χ0v) is 14.0. The highest BCUT2D eigenvalue weighted by molar-refractivity contribution is 5.92. The molecule has 1 heterocycles. The van der Waals surface area contributed by atoms with Crippen LogP contribution < -0.4 is 14.8 Å². The molecule has 124 valence electrons. The van der Waals surface area contributed by atoms with Gasteiger partial charge in [-0.2, -0.15) is 0 Å². The van der Waals surface area contributed by atoms with E-state index in [1.54, 1.807) is 32.4 Å². The Morgan fingerprint density at radius 1 is 1.04 bits per heavy atom. The molecule has 2 aromatic carbocycles. The summed E-state index contributed by atoms with van der Waals surface area (Å²) in [6.45, 7) is 2.25. The minimum atomic E-state index is -0.102. The molecule has 1 aromatic heterocycles. The van der Waals surface area contributed by atoms with Gasteiger partial charge >= 0.3 is 0 Å². The number of rotatable bonds is 5. The van der Waals surface area contributed by atoms with Crippen LogP contribution in [-0.4, -0.2) is 24.7 Å². The number of aryl methyl sites for hydroxylation is 1. The molecule has 3 rings (SSSR count). The van der Waals surface area contributed by atoms with Crippen LogP contribution in [0.2, 0.25) is 0 Å². The number of aromatic nitrogens is 1. The number of hydrogen-bond acceptors (Lipinski definition) is 3. The lowest BCUT2D eigenvalue weighted by molar-refractivity contribution is -0.116. The van der Waals surface area contributed by atoms with Crippen molar-refractivity contribution in [2.24, 2.45) is 0 Å². The fourth-order valence-corrected chi connectivity index (χ4v) is 2.78. The number of amides is 1. The molecule has 5 heteroatoms. The average molecular weight is 324 g/mol. The summed E-state index contributed by atoms with van der Waals surface area (Å²) in [6, 6.07) is 15.4. The van der Waals surface area contributed by atoms with Gasteiger partial charge in [0, 0.05) is 35.1 Å². The summed E-state index contributed by atoms with van der Waals surface area (Å²) >= 11 is 0. The number of benzene rings is 2. The van der Waals surface area contributed by atoms with E-state index >= 15 is 0 Å². The van der Waals surface area contributed by atoms with Crippen LogP contribution in [0.25, 0.3) is 10.9 Å². The highest BCUT2D eigenvalue weighted by Gasteiger charge is 2.11. The molecule has 24 heavy (non-hydrogen) atoms. The van der Waals surface area contributed by atoms with Gasteiger partial charge in [-0.1, -0.05) is 18.2 Å². The van der Waals surface area contributed by atoms with Crippen molar-refractivity contribution in [3.63, 3.8) is 0 Å². The Labute approximate surface area is 140 Å². The van der Waals surface area contributed by atoms with Gasteiger partial charge in [-0.3, -0.25) is 4.79 Å². The number of carbonyl (C=O) groups is 1. The number of carbonyl (C=O) groups excluding carboxylic acids is 1. The van der Waals surface area contributed by atoms with Gasteiger partial charge in [0.05, 0.1) is 14.2 Å². The summed E-state index contributed by atoms with van der Waals surface area (Å²) in [7, 11) is 3.16. The van der Waals surface area contributed by atoms with E-state index in [1.165, 1.54) is 0 Å². The van der Waals surface area contributed by atoms with Crippen molar-refractivity contribution in [1.29, 1.82) is 0 Å². The molecule has 0 radical (unpaired) electrons. The molecule has 0 fully saturated rings. The van der Waals surface area contributed by atoms with Crippen molar-refractivity contribution >= 4 is 22.5 Å². The second-order valence-corrected chi connectivity index (χ2v) is 5.58. The smallest absolute Gasteiger partial charge is 0.244 e. The lowest BCUT2D eigenvalue weighted by atomic mass is 10.2. The van der Waals surface area contributed by atoms with E-state index in [0.717, 1.165) is 16.6 Å². The van der Waals surface area contributed by atoms with Gasteiger partial charge in [0.1, 0.15) is 18.0 Å². The highest BCUT2D eigenvalue weighted by Crippen LogP contribution is 2.26. The van der Waals surface area contributed by atoms with Gasteiger partial charge in [-0.25, -0.2) is 0 Å². The lowest BCUT2D eigenvalue weighted by Gasteiger charge is -2.12. The maximum Gasteiger partial charge on any atom is 0.244 e. The molecule has 0 spiro atoms. The van der Waals surface area contributed by atoms with Crippen molar-refractivity contribution in [3.05, 3.63) is 54.2 Å². The van der Waals surface area contributed by atoms with Crippen LogP contribution in [0, 0.1) is 6.92 Å². The van der Waals surface area contributed by atoms with Crippen molar-refractivity contribution < 1.29 is 14.3 Å². The van der Waals surface area contributed by atoms with Crippen LogP contribution in [0.4, 0.5) is 5.69 Å². The quantitative estimate of drug-likeness (QED) is 0.780. The number of ether oxygens (including phenoxy) is 2. The molecular formula is C19H20N2O3. The molecule has 0 aliphatic heterocycles. The summed E-state index contributed by atoms with van der Waals surface area (Å²) in [4.78, 5) is 12.5. The van der Waals surface area contributed by atoms with E-state index in [0.29, 0.717) is 17.2 Å².